The van der Waals surface area contributed by atoms with Crippen molar-refractivity contribution in [1.82, 2.24) is 4.90 Å². The second-order valence-corrected chi connectivity index (χ2v) is 5.07. The smallest absolute Gasteiger partial charge is 0.119 e. The Morgan fingerprint density at radius 1 is 1.44 bits per heavy atom. The quantitative estimate of drug-likeness (QED) is 0.889. The van der Waals surface area contributed by atoms with E-state index < -0.39 is 0 Å². The van der Waals surface area contributed by atoms with Crippen LogP contribution in [-0.2, 0) is 0 Å². The number of rotatable bonds is 4. The molecule has 1 aromatic rings. The van der Waals surface area contributed by atoms with Gasteiger partial charge in [-0.15, -0.1) is 0 Å². The summed E-state index contributed by atoms with van der Waals surface area (Å²) in [5, 5.41) is 0. The van der Waals surface area contributed by atoms with Crippen LogP contribution in [0.25, 0.3) is 0 Å². The van der Waals surface area contributed by atoms with E-state index in [-0.39, 0.29) is 0 Å². The highest BCUT2D eigenvalue weighted by Crippen LogP contribution is 2.35. The molecule has 100 valence electrons. The normalized spacial score (nSPS) is 25.1. The summed E-state index contributed by atoms with van der Waals surface area (Å²) in [5.41, 5.74) is 7.26. The van der Waals surface area contributed by atoms with Gasteiger partial charge in [0, 0.05) is 6.04 Å². The van der Waals surface area contributed by atoms with Crippen LogP contribution in [-0.4, -0.2) is 31.6 Å². The predicted octanol–water partition coefficient (Wildman–Crippen LogP) is 2.43. The minimum Gasteiger partial charge on any atom is -0.494 e. The van der Waals surface area contributed by atoms with E-state index in [1.54, 1.807) is 0 Å². The number of nitrogens with two attached hydrogens (primary N) is 1. The number of hydrogen-bond donors (Lipinski definition) is 1. The molecule has 18 heavy (non-hydrogen) atoms. The van der Waals surface area contributed by atoms with Gasteiger partial charge in [0.1, 0.15) is 5.75 Å². The van der Waals surface area contributed by atoms with Gasteiger partial charge in [0.2, 0.25) is 0 Å². The molecular formula is C15H24N2O. The number of benzene rings is 1. The molecule has 1 fully saturated rings. The molecule has 3 nitrogen and oxygen atoms in total. The highest BCUT2D eigenvalue weighted by molar-refractivity contribution is 5.31. The summed E-state index contributed by atoms with van der Waals surface area (Å²) >= 11 is 0. The lowest BCUT2D eigenvalue weighted by molar-refractivity contribution is 0.125. The van der Waals surface area contributed by atoms with Gasteiger partial charge in [-0.1, -0.05) is 12.1 Å². The Morgan fingerprint density at radius 3 is 3.00 bits per heavy atom. The van der Waals surface area contributed by atoms with Crippen LogP contribution < -0.4 is 10.5 Å². The zero-order chi connectivity index (χ0) is 13.0. The first kappa shape index (κ1) is 13.4. The Kier molecular flexibility index (Phi) is 4.61. The molecule has 1 aliphatic heterocycles. The Bertz CT molecular complexity index is 381. The molecule has 0 aromatic heterocycles. The van der Waals surface area contributed by atoms with Gasteiger partial charge in [0.25, 0.3) is 0 Å². The van der Waals surface area contributed by atoms with E-state index in [1.807, 2.05) is 13.0 Å². The molecule has 0 amide bonds. The molecule has 1 aromatic carbocycles. The Labute approximate surface area is 110 Å². The molecule has 2 N–H and O–H groups in total. The first-order valence-electron chi connectivity index (χ1n) is 6.89. The minimum absolute atomic E-state index is 0.434. The molecule has 1 saturated heterocycles. The SMILES string of the molecule is CCOc1cccc(C2C(CN)CCCN2C)c1. The zero-order valence-electron chi connectivity index (χ0n) is 11.4. The summed E-state index contributed by atoms with van der Waals surface area (Å²) in [6.07, 6.45) is 2.48. The third-order valence-corrected chi connectivity index (χ3v) is 3.82. The van der Waals surface area contributed by atoms with Crippen molar-refractivity contribution in [3.05, 3.63) is 29.8 Å². The van der Waals surface area contributed by atoms with E-state index in [0.717, 1.165) is 18.8 Å². The Hall–Kier alpha value is -1.06. The van der Waals surface area contributed by atoms with Crippen LogP contribution in [0.2, 0.25) is 0 Å². The van der Waals surface area contributed by atoms with Gasteiger partial charge in [-0.3, -0.25) is 4.90 Å². The first-order valence-corrected chi connectivity index (χ1v) is 6.89. The standard InChI is InChI=1S/C15H24N2O/c1-3-18-14-8-4-6-12(10-14)15-13(11-16)7-5-9-17(15)2/h4,6,8,10,13,15H,3,5,7,9,11,16H2,1-2H3. The van der Waals surface area contributed by atoms with Crippen molar-refractivity contribution in [2.24, 2.45) is 11.7 Å². The molecule has 0 aliphatic carbocycles. The van der Waals surface area contributed by atoms with Crippen LogP contribution in [0.5, 0.6) is 5.75 Å². The zero-order valence-corrected chi connectivity index (χ0v) is 11.4. The predicted molar refractivity (Wildman–Crippen MR) is 74.8 cm³/mol. The van der Waals surface area contributed by atoms with Crippen molar-refractivity contribution < 1.29 is 4.74 Å². The summed E-state index contributed by atoms with van der Waals surface area (Å²) in [6.45, 7) is 4.64. The molecule has 2 rings (SSSR count). The van der Waals surface area contributed by atoms with Crippen molar-refractivity contribution in [3.63, 3.8) is 0 Å². The van der Waals surface area contributed by atoms with E-state index in [0.29, 0.717) is 18.6 Å². The van der Waals surface area contributed by atoms with Gasteiger partial charge >= 0.3 is 0 Å². The second-order valence-electron chi connectivity index (χ2n) is 5.07. The van der Waals surface area contributed by atoms with Gasteiger partial charge in [-0.25, -0.2) is 0 Å². The van der Waals surface area contributed by atoms with Crippen molar-refractivity contribution in [2.45, 2.75) is 25.8 Å². The molecule has 1 heterocycles. The first-order chi connectivity index (χ1) is 8.76. The highest BCUT2D eigenvalue weighted by Gasteiger charge is 2.29. The van der Waals surface area contributed by atoms with Crippen molar-refractivity contribution in [1.29, 1.82) is 0 Å². The van der Waals surface area contributed by atoms with Gasteiger partial charge < -0.3 is 10.5 Å². The summed E-state index contributed by atoms with van der Waals surface area (Å²) in [4.78, 5) is 2.42. The maximum atomic E-state index is 5.93. The lowest BCUT2D eigenvalue weighted by atomic mass is 9.85. The maximum Gasteiger partial charge on any atom is 0.119 e. The topological polar surface area (TPSA) is 38.5 Å². The van der Waals surface area contributed by atoms with E-state index >= 15 is 0 Å². The minimum atomic E-state index is 0.434. The van der Waals surface area contributed by atoms with Crippen molar-refractivity contribution >= 4 is 0 Å². The molecule has 0 spiro atoms. The lowest BCUT2D eigenvalue weighted by Gasteiger charge is -2.39. The number of hydrogen-bond acceptors (Lipinski definition) is 3. The molecule has 1 aliphatic rings. The fourth-order valence-electron chi connectivity index (χ4n) is 2.99. The maximum absolute atomic E-state index is 5.93. The largest absolute Gasteiger partial charge is 0.494 e. The van der Waals surface area contributed by atoms with Crippen LogP contribution in [0.1, 0.15) is 31.4 Å². The van der Waals surface area contributed by atoms with Crippen molar-refractivity contribution in [3.8, 4) is 5.75 Å². The van der Waals surface area contributed by atoms with Gasteiger partial charge in [0.05, 0.1) is 6.61 Å². The monoisotopic (exact) mass is 248 g/mol. The number of piperidine rings is 1. The van der Waals surface area contributed by atoms with Gasteiger partial charge in [-0.05, 0) is 63.5 Å². The average Bonchev–Trinajstić information content (AvgIpc) is 2.39. The fourth-order valence-corrected chi connectivity index (χ4v) is 2.99. The van der Waals surface area contributed by atoms with E-state index in [4.69, 9.17) is 10.5 Å². The van der Waals surface area contributed by atoms with E-state index in [1.165, 1.54) is 18.4 Å². The van der Waals surface area contributed by atoms with Gasteiger partial charge in [-0.2, -0.15) is 0 Å². The summed E-state index contributed by atoms with van der Waals surface area (Å²) < 4.78 is 5.59. The van der Waals surface area contributed by atoms with Crippen LogP contribution >= 0.6 is 0 Å². The molecule has 2 unspecified atom stereocenters. The summed E-state index contributed by atoms with van der Waals surface area (Å²) in [6, 6.07) is 8.89. The lowest BCUT2D eigenvalue weighted by Crippen LogP contribution is -2.39. The number of nitrogens with zero attached hydrogens (tertiary/aromatic N) is 1. The molecule has 2 atom stereocenters. The van der Waals surface area contributed by atoms with Crippen LogP contribution in [0.4, 0.5) is 0 Å². The third-order valence-electron chi connectivity index (χ3n) is 3.82. The second kappa shape index (κ2) is 6.21. The molecular weight excluding hydrogens is 224 g/mol. The molecule has 0 bridgehead atoms. The van der Waals surface area contributed by atoms with E-state index in [2.05, 4.69) is 30.1 Å². The molecule has 0 saturated carbocycles. The Balaban J connectivity index is 2.23. The number of likely N-dealkylation sites (tertiary alicyclic amines) is 1. The van der Waals surface area contributed by atoms with Crippen LogP contribution in [0.15, 0.2) is 24.3 Å². The number of ether oxygens (including phenoxy) is 1. The summed E-state index contributed by atoms with van der Waals surface area (Å²) in [5.74, 6) is 1.52. The average molecular weight is 248 g/mol. The highest BCUT2D eigenvalue weighted by atomic mass is 16.5. The van der Waals surface area contributed by atoms with Crippen LogP contribution in [0, 0.1) is 5.92 Å². The van der Waals surface area contributed by atoms with Crippen molar-refractivity contribution in [2.75, 3.05) is 26.7 Å². The van der Waals surface area contributed by atoms with Crippen LogP contribution in [0.3, 0.4) is 0 Å². The summed E-state index contributed by atoms with van der Waals surface area (Å²) in [7, 11) is 2.19. The third kappa shape index (κ3) is 2.85. The Morgan fingerprint density at radius 2 is 2.28 bits per heavy atom. The van der Waals surface area contributed by atoms with Gasteiger partial charge in [0.15, 0.2) is 0 Å². The molecule has 3 heteroatoms. The molecule has 0 radical (unpaired) electrons. The van der Waals surface area contributed by atoms with E-state index in [9.17, 15) is 0 Å². The fraction of sp³-hybridized carbons (Fsp3) is 0.600.